The number of H-pyrrole nitrogens is 1. The molecule has 0 saturated carbocycles. The van der Waals surface area contributed by atoms with Gasteiger partial charge in [-0.1, -0.05) is 24.3 Å². The van der Waals surface area contributed by atoms with Gasteiger partial charge in [-0.2, -0.15) is 17.9 Å². The fourth-order valence-electron chi connectivity index (χ4n) is 3.19. The number of phenolic OH excluding ortho intramolecular Hbond substituents is 1. The Labute approximate surface area is 199 Å². The van der Waals surface area contributed by atoms with Crippen LogP contribution >= 0.6 is 0 Å². The third-order valence-corrected chi connectivity index (χ3v) is 4.80. The molecule has 0 amide bonds. The van der Waals surface area contributed by atoms with E-state index in [1.807, 2.05) is 0 Å². The normalized spacial score (nSPS) is 11.7. The van der Waals surface area contributed by atoms with Crippen LogP contribution in [0, 0.1) is 6.92 Å². The van der Waals surface area contributed by atoms with E-state index in [1.165, 1.54) is 31.2 Å². The summed E-state index contributed by atoms with van der Waals surface area (Å²) in [7, 11) is 0. The van der Waals surface area contributed by atoms with Crippen LogP contribution in [0.2, 0.25) is 0 Å². The summed E-state index contributed by atoms with van der Waals surface area (Å²) in [6, 6.07) is 11.1. The molecule has 0 atom stereocenters. The van der Waals surface area contributed by atoms with Gasteiger partial charge in [-0.25, -0.2) is 14.8 Å². The van der Waals surface area contributed by atoms with Crippen LogP contribution in [0.4, 0.5) is 29.3 Å². The van der Waals surface area contributed by atoms with Crippen molar-refractivity contribution < 1.29 is 32.9 Å². The molecule has 0 aliphatic carbocycles. The van der Waals surface area contributed by atoms with Crippen LogP contribution < -0.4 is 10.3 Å². The number of aromatic hydroxyl groups is 1. The van der Waals surface area contributed by atoms with E-state index in [2.05, 4.69) is 30.0 Å². The standard InChI is InChI=1S/C22H15F3N6O5/c1-11-17(19(33)31(30-11)20-26-9-8-16(27-20)22(23,24)25)29-28-15-7-3-6-14(18(15)32)12-4-2-5-13(10-12)36-21(34)35/h2-10,30,32H,1H3,(H,34,35). The highest BCUT2D eigenvalue weighted by Crippen LogP contribution is 2.38. The molecular weight excluding hydrogens is 485 g/mol. The van der Waals surface area contributed by atoms with Crippen molar-refractivity contribution in [3.05, 3.63) is 76.5 Å². The minimum Gasteiger partial charge on any atom is -0.505 e. The zero-order valence-corrected chi connectivity index (χ0v) is 18.2. The van der Waals surface area contributed by atoms with E-state index >= 15 is 0 Å². The minimum atomic E-state index is -4.73. The van der Waals surface area contributed by atoms with Crippen molar-refractivity contribution in [2.45, 2.75) is 13.1 Å². The van der Waals surface area contributed by atoms with E-state index < -0.39 is 29.5 Å². The highest BCUT2D eigenvalue weighted by Gasteiger charge is 2.33. The summed E-state index contributed by atoms with van der Waals surface area (Å²) in [5.41, 5.74) is -1.48. The second kappa shape index (κ2) is 9.32. The minimum absolute atomic E-state index is 0.0288. The van der Waals surface area contributed by atoms with E-state index in [9.17, 15) is 27.9 Å². The lowest BCUT2D eigenvalue weighted by molar-refractivity contribution is -0.141. The number of halogens is 3. The number of aromatic nitrogens is 4. The molecule has 0 bridgehead atoms. The molecular formula is C22H15F3N6O5. The number of hydrogen-bond acceptors (Lipinski definition) is 8. The predicted octanol–water partition coefficient (Wildman–Crippen LogP) is 5.13. The number of carboxylic acid groups (broad SMARTS) is 1. The fourth-order valence-corrected chi connectivity index (χ4v) is 3.19. The molecule has 2 aromatic heterocycles. The Morgan fingerprint density at radius 1 is 1.14 bits per heavy atom. The lowest BCUT2D eigenvalue weighted by Crippen LogP contribution is -2.19. The van der Waals surface area contributed by atoms with E-state index in [0.717, 1.165) is 6.20 Å². The van der Waals surface area contributed by atoms with Gasteiger partial charge < -0.3 is 14.9 Å². The maximum absolute atomic E-state index is 13.0. The van der Waals surface area contributed by atoms with Gasteiger partial charge in [-0.05, 0) is 36.8 Å². The van der Waals surface area contributed by atoms with Crippen LogP contribution in [-0.4, -0.2) is 36.1 Å². The molecule has 0 saturated heterocycles. The van der Waals surface area contributed by atoms with Gasteiger partial charge in [-0.15, -0.1) is 10.2 Å². The van der Waals surface area contributed by atoms with Crippen molar-refractivity contribution in [1.82, 2.24) is 19.7 Å². The summed E-state index contributed by atoms with van der Waals surface area (Å²) < 4.78 is 44.2. The number of aryl methyl sites for hydroxylation is 1. The number of benzene rings is 2. The second-order valence-electron chi connectivity index (χ2n) is 7.23. The number of aromatic amines is 1. The van der Waals surface area contributed by atoms with Crippen LogP contribution in [0.5, 0.6) is 11.5 Å². The molecule has 11 nitrogen and oxygen atoms in total. The van der Waals surface area contributed by atoms with Gasteiger partial charge in [-0.3, -0.25) is 9.89 Å². The van der Waals surface area contributed by atoms with Crippen molar-refractivity contribution >= 4 is 17.5 Å². The summed E-state index contributed by atoms with van der Waals surface area (Å²) in [4.78, 5) is 30.6. The maximum atomic E-state index is 13.0. The van der Waals surface area contributed by atoms with Crippen molar-refractivity contribution in [2.75, 3.05) is 0 Å². The van der Waals surface area contributed by atoms with Crippen LogP contribution in [-0.2, 0) is 6.18 Å². The molecule has 0 aliphatic heterocycles. The van der Waals surface area contributed by atoms with Gasteiger partial charge in [0.1, 0.15) is 17.1 Å². The zero-order valence-electron chi connectivity index (χ0n) is 18.2. The molecule has 3 N–H and O–H groups in total. The number of nitrogens with zero attached hydrogens (tertiary/aromatic N) is 5. The first-order valence-electron chi connectivity index (χ1n) is 10.0. The number of rotatable bonds is 5. The number of ether oxygens (including phenoxy) is 1. The van der Waals surface area contributed by atoms with E-state index in [0.29, 0.717) is 16.3 Å². The molecule has 36 heavy (non-hydrogen) atoms. The third-order valence-electron chi connectivity index (χ3n) is 4.80. The first-order chi connectivity index (χ1) is 17.0. The molecule has 4 rings (SSSR count). The number of carbonyl (C=O) groups is 1. The van der Waals surface area contributed by atoms with Crippen molar-refractivity contribution in [1.29, 1.82) is 0 Å². The number of alkyl halides is 3. The molecule has 184 valence electrons. The van der Waals surface area contributed by atoms with Crippen LogP contribution in [0.15, 0.2) is 69.8 Å². The lowest BCUT2D eigenvalue weighted by Gasteiger charge is -2.08. The van der Waals surface area contributed by atoms with Crippen LogP contribution in [0.3, 0.4) is 0 Å². The smallest absolute Gasteiger partial charge is 0.505 e. The highest BCUT2D eigenvalue weighted by molar-refractivity contribution is 5.77. The van der Waals surface area contributed by atoms with Crippen LogP contribution in [0.1, 0.15) is 11.4 Å². The Balaban J connectivity index is 1.68. The second-order valence-corrected chi connectivity index (χ2v) is 7.23. The largest absolute Gasteiger partial charge is 0.511 e. The SMILES string of the molecule is Cc1[nH]n(-c2nccc(C(F)(F)F)n2)c(=O)c1N=Nc1cccc(-c2cccc(OC(=O)O)c2)c1O. The predicted molar refractivity (Wildman–Crippen MR) is 118 cm³/mol. The molecule has 0 fully saturated rings. The Kier molecular flexibility index (Phi) is 6.25. The van der Waals surface area contributed by atoms with E-state index in [-0.39, 0.29) is 34.1 Å². The molecule has 0 unspecified atom stereocenters. The molecule has 0 spiro atoms. The molecule has 2 aromatic carbocycles. The lowest BCUT2D eigenvalue weighted by atomic mass is 10.0. The zero-order chi connectivity index (χ0) is 26.0. The summed E-state index contributed by atoms with van der Waals surface area (Å²) in [5, 5.41) is 29.8. The van der Waals surface area contributed by atoms with Gasteiger partial charge in [0.05, 0.1) is 5.69 Å². The summed E-state index contributed by atoms with van der Waals surface area (Å²) in [5.74, 6) is -0.817. The van der Waals surface area contributed by atoms with Crippen LogP contribution in [0.25, 0.3) is 17.1 Å². The quantitative estimate of drug-likeness (QED) is 0.195. The average molecular weight is 500 g/mol. The van der Waals surface area contributed by atoms with E-state index in [1.54, 1.807) is 18.2 Å². The maximum Gasteiger partial charge on any atom is 0.511 e. The van der Waals surface area contributed by atoms with Gasteiger partial charge in [0, 0.05) is 11.8 Å². The van der Waals surface area contributed by atoms with Gasteiger partial charge in [0.25, 0.3) is 5.95 Å². The number of hydrogen-bond donors (Lipinski definition) is 3. The molecule has 0 aliphatic rings. The van der Waals surface area contributed by atoms with Crippen molar-refractivity contribution in [3.8, 4) is 28.6 Å². The summed E-state index contributed by atoms with van der Waals surface area (Å²) in [6.45, 7) is 1.45. The number of phenols is 1. The number of para-hydroxylation sites is 1. The highest BCUT2D eigenvalue weighted by atomic mass is 19.4. The number of azo groups is 1. The van der Waals surface area contributed by atoms with Crippen molar-refractivity contribution in [3.63, 3.8) is 0 Å². The van der Waals surface area contributed by atoms with E-state index in [4.69, 9.17) is 5.11 Å². The molecule has 2 heterocycles. The molecule has 0 radical (unpaired) electrons. The Hall–Kier alpha value is -5.01. The van der Waals surface area contributed by atoms with Gasteiger partial charge >= 0.3 is 17.9 Å². The Morgan fingerprint density at radius 2 is 1.89 bits per heavy atom. The monoisotopic (exact) mass is 500 g/mol. The van der Waals surface area contributed by atoms with Gasteiger partial charge in [0.2, 0.25) is 0 Å². The summed E-state index contributed by atoms with van der Waals surface area (Å²) in [6.07, 6.45) is -5.36. The fraction of sp³-hybridized carbons (Fsp3) is 0.0909. The Morgan fingerprint density at radius 3 is 2.61 bits per heavy atom. The molecule has 4 aromatic rings. The molecule has 14 heteroatoms. The van der Waals surface area contributed by atoms with Crippen molar-refractivity contribution in [2.24, 2.45) is 10.2 Å². The first kappa shape index (κ1) is 24.1. The number of nitrogens with one attached hydrogen (secondary N) is 1. The summed E-state index contributed by atoms with van der Waals surface area (Å²) >= 11 is 0. The third kappa shape index (κ3) is 4.91. The Bertz CT molecular complexity index is 1540. The topological polar surface area (TPSA) is 155 Å². The average Bonchev–Trinajstić information content (AvgIpc) is 3.11. The van der Waals surface area contributed by atoms with Gasteiger partial charge in [0.15, 0.2) is 11.4 Å². The first-order valence-corrected chi connectivity index (χ1v) is 10.0.